The Morgan fingerprint density at radius 2 is 1.93 bits per heavy atom. The molecule has 5 nitrogen and oxygen atoms in total. The van der Waals surface area contributed by atoms with E-state index in [1.165, 1.54) is 5.56 Å². The molecule has 30 heavy (non-hydrogen) atoms. The summed E-state index contributed by atoms with van der Waals surface area (Å²) in [6.07, 6.45) is 5.48. The van der Waals surface area contributed by atoms with Crippen molar-refractivity contribution >= 4 is 11.5 Å². The van der Waals surface area contributed by atoms with E-state index in [0.29, 0.717) is 42.3 Å². The average Bonchev–Trinajstić information content (AvgIpc) is 3.06. The molecule has 2 aromatic rings. The molecule has 0 N–H and O–H groups in total. The zero-order valence-corrected chi connectivity index (χ0v) is 17.3. The Balaban J connectivity index is 1.46. The summed E-state index contributed by atoms with van der Waals surface area (Å²) in [4.78, 5) is 24.0. The molecule has 0 radical (unpaired) electrons. The van der Waals surface area contributed by atoms with Gasteiger partial charge in [-0.3, -0.25) is 14.9 Å². The number of hydrogen-bond acceptors (Lipinski definition) is 4. The predicted octanol–water partition coefficient (Wildman–Crippen LogP) is 5.60. The molecule has 0 saturated heterocycles. The molecule has 0 spiro atoms. The summed E-state index contributed by atoms with van der Waals surface area (Å²) in [5.41, 5.74) is 3.16. The van der Waals surface area contributed by atoms with Crippen LogP contribution in [0.2, 0.25) is 0 Å². The van der Waals surface area contributed by atoms with Gasteiger partial charge in [0.2, 0.25) is 0 Å². The van der Waals surface area contributed by atoms with Crippen LogP contribution in [0.4, 0.5) is 5.69 Å². The van der Waals surface area contributed by atoms with E-state index in [9.17, 15) is 14.9 Å². The van der Waals surface area contributed by atoms with Crippen molar-refractivity contribution in [2.24, 2.45) is 17.3 Å². The lowest BCUT2D eigenvalue weighted by molar-refractivity contribution is -0.386. The van der Waals surface area contributed by atoms with Crippen LogP contribution in [0.15, 0.2) is 42.5 Å². The van der Waals surface area contributed by atoms with Crippen molar-refractivity contribution in [2.75, 3.05) is 0 Å². The summed E-state index contributed by atoms with van der Waals surface area (Å²) in [5, 5.41) is 11.8. The first-order valence-corrected chi connectivity index (χ1v) is 11.0. The smallest absolute Gasteiger partial charge is 0.311 e. The molecule has 0 aromatic heterocycles. The van der Waals surface area contributed by atoms with Crippen LogP contribution in [0.1, 0.15) is 61.6 Å². The van der Waals surface area contributed by atoms with Crippen molar-refractivity contribution in [2.45, 2.75) is 58.0 Å². The highest BCUT2D eigenvalue weighted by atomic mass is 16.6. The third-order valence-corrected chi connectivity index (χ3v) is 7.95. The summed E-state index contributed by atoms with van der Waals surface area (Å²) < 4.78 is 5.90. The maximum absolute atomic E-state index is 12.5. The second-order valence-corrected chi connectivity index (χ2v) is 9.38. The van der Waals surface area contributed by atoms with Gasteiger partial charge in [-0.05, 0) is 72.6 Å². The van der Waals surface area contributed by atoms with Gasteiger partial charge in [-0.15, -0.1) is 0 Å². The second kappa shape index (κ2) is 7.22. The molecular weight excluding hydrogens is 378 g/mol. The SMILES string of the molecule is C[C@]12CC[C@@H]3c4cc([N+](=O)[O-])c(OCc5ccccc5)cc4CC[C@H]3[C@@H]1CCC2=O. The fourth-order valence-corrected chi connectivity index (χ4v) is 6.35. The Kier molecular flexibility index (Phi) is 4.64. The summed E-state index contributed by atoms with van der Waals surface area (Å²) in [7, 11) is 0. The Morgan fingerprint density at radius 3 is 2.70 bits per heavy atom. The van der Waals surface area contributed by atoms with E-state index in [-0.39, 0.29) is 16.0 Å². The number of aryl methyl sites for hydroxylation is 1. The third kappa shape index (κ3) is 3.03. The molecular formula is C25H27NO4. The number of carbonyl (C=O) groups excluding carboxylic acids is 1. The van der Waals surface area contributed by atoms with Gasteiger partial charge in [0.15, 0.2) is 5.75 Å². The minimum atomic E-state index is -0.323. The number of ketones is 1. The Hall–Kier alpha value is -2.69. The van der Waals surface area contributed by atoms with E-state index in [1.54, 1.807) is 6.07 Å². The van der Waals surface area contributed by atoms with Gasteiger partial charge in [-0.2, -0.15) is 0 Å². The second-order valence-electron chi connectivity index (χ2n) is 9.38. The fourth-order valence-electron chi connectivity index (χ4n) is 6.35. The van der Waals surface area contributed by atoms with Crippen molar-refractivity contribution < 1.29 is 14.5 Å². The van der Waals surface area contributed by atoms with Crippen LogP contribution < -0.4 is 4.74 Å². The Bertz CT molecular complexity index is 1000. The van der Waals surface area contributed by atoms with Gasteiger partial charge >= 0.3 is 5.69 Å². The molecule has 2 saturated carbocycles. The van der Waals surface area contributed by atoms with Gasteiger partial charge < -0.3 is 4.74 Å². The molecule has 3 aliphatic carbocycles. The molecule has 156 valence electrons. The lowest BCUT2D eigenvalue weighted by atomic mass is 9.55. The van der Waals surface area contributed by atoms with Crippen LogP contribution in [-0.2, 0) is 17.8 Å². The van der Waals surface area contributed by atoms with Crippen molar-refractivity contribution in [1.82, 2.24) is 0 Å². The number of rotatable bonds is 4. The number of carbonyl (C=O) groups is 1. The van der Waals surface area contributed by atoms with Crippen LogP contribution in [0.5, 0.6) is 5.75 Å². The van der Waals surface area contributed by atoms with Crippen molar-refractivity contribution in [3.8, 4) is 5.75 Å². The summed E-state index contributed by atoms with van der Waals surface area (Å²) >= 11 is 0. The van der Waals surface area contributed by atoms with Crippen molar-refractivity contribution in [3.63, 3.8) is 0 Å². The quantitative estimate of drug-likeness (QED) is 0.490. The van der Waals surface area contributed by atoms with Crippen molar-refractivity contribution in [3.05, 3.63) is 69.3 Å². The zero-order valence-electron chi connectivity index (χ0n) is 17.3. The standard InChI is InChI=1S/C25H27NO4/c1-25-12-11-18-19(21(25)9-10-24(25)27)8-7-17-13-23(22(26(28)29)14-20(17)18)30-15-16-5-3-2-4-6-16/h2-6,13-14,18-19,21H,7-12,15H2,1H3/t18-,19+,21-,25-/m0/s1. The number of hydrogen-bond donors (Lipinski definition) is 0. The van der Waals surface area contributed by atoms with Gasteiger partial charge in [0.05, 0.1) is 4.92 Å². The predicted molar refractivity (Wildman–Crippen MR) is 113 cm³/mol. The largest absolute Gasteiger partial charge is 0.482 e. The molecule has 0 aliphatic heterocycles. The monoisotopic (exact) mass is 405 g/mol. The molecule has 4 atom stereocenters. The first-order chi connectivity index (χ1) is 14.5. The number of nitrogens with zero attached hydrogens (tertiary/aromatic N) is 1. The van der Waals surface area contributed by atoms with E-state index >= 15 is 0 Å². The summed E-state index contributed by atoms with van der Waals surface area (Å²) in [6.45, 7) is 2.47. The molecule has 0 bridgehead atoms. The highest BCUT2D eigenvalue weighted by molar-refractivity contribution is 5.87. The molecule has 0 amide bonds. The Morgan fingerprint density at radius 1 is 1.13 bits per heavy atom. The van der Waals surface area contributed by atoms with E-state index in [4.69, 9.17) is 4.74 Å². The molecule has 0 unspecified atom stereocenters. The normalized spacial score (nSPS) is 29.6. The fraction of sp³-hybridized carbons (Fsp3) is 0.480. The lowest BCUT2D eigenvalue weighted by Crippen LogP contribution is -2.42. The maximum atomic E-state index is 12.5. The van der Waals surface area contributed by atoms with Crippen molar-refractivity contribution in [1.29, 1.82) is 0 Å². The molecule has 5 rings (SSSR count). The third-order valence-electron chi connectivity index (χ3n) is 7.95. The van der Waals surface area contributed by atoms with Crippen LogP contribution in [0.3, 0.4) is 0 Å². The van der Waals surface area contributed by atoms with Gasteiger partial charge in [0.25, 0.3) is 0 Å². The zero-order chi connectivity index (χ0) is 20.9. The van der Waals surface area contributed by atoms with E-state index < -0.39 is 0 Å². The number of nitro benzene ring substituents is 1. The lowest BCUT2D eigenvalue weighted by Gasteiger charge is -2.48. The van der Waals surface area contributed by atoms with Gasteiger partial charge in [0, 0.05) is 17.9 Å². The first-order valence-electron chi connectivity index (χ1n) is 11.0. The van der Waals surface area contributed by atoms with E-state index in [0.717, 1.165) is 43.2 Å². The summed E-state index contributed by atoms with van der Waals surface area (Å²) in [6, 6.07) is 13.4. The molecule has 3 aliphatic rings. The molecule has 2 fully saturated rings. The van der Waals surface area contributed by atoms with Gasteiger partial charge in [-0.25, -0.2) is 0 Å². The van der Waals surface area contributed by atoms with E-state index in [2.05, 4.69) is 6.92 Å². The topological polar surface area (TPSA) is 69.4 Å². The van der Waals surface area contributed by atoms with Crippen LogP contribution in [0, 0.1) is 27.4 Å². The van der Waals surface area contributed by atoms with Crippen LogP contribution in [-0.4, -0.2) is 10.7 Å². The maximum Gasteiger partial charge on any atom is 0.311 e. The highest BCUT2D eigenvalue weighted by Crippen LogP contribution is 2.60. The van der Waals surface area contributed by atoms with Crippen LogP contribution in [0.25, 0.3) is 0 Å². The first kappa shape index (κ1) is 19.3. The minimum absolute atomic E-state index is 0.0566. The number of ether oxygens (including phenoxy) is 1. The molecule has 0 heterocycles. The molecule has 2 aromatic carbocycles. The number of Topliss-reactive ketones (excluding diaryl/α,β-unsaturated/α-hetero) is 1. The van der Waals surface area contributed by atoms with Gasteiger partial charge in [-0.1, -0.05) is 37.3 Å². The van der Waals surface area contributed by atoms with Gasteiger partial charge in [0.1, 0.15) is 12.4 Å². The Labute approximate surface area is 176 Å². The molecule has 5 heteroatoms. The summed E-state index contributed by atoms with van der Waals surface area (Å²) in [5.74, 6) is 1.98. The average molecular weight is 405 g/mol. The van der Waals surface area contributed by atoms with E-state index in [1.807, 2.05) is 36.4 Å². The number of benzene rings is 2. The van der Waals surface area contributed by atoms with Crippen LogP contribution >= 0.6 is 0 Å². The number of nitro groups is 1. The number of fused-ring (bicyclic) bond motifs is 5. The highest BCUT2D eigenvalue weighted by Gasteiger charge is 2.54. The minimum Gasteiger partial charge on any atom is -0.482 e.